The average molecular weight is 460 g/mol. The number of benzene rings is 3. The largest absolute Gasteiger partial charge is 0.423 e. The van der Waals surface area contributed by atoms with Crippen molar-refractivity contribution in [2.45, 2.75) is 11.8 Å². The maximum absolute atomic E-state index is 13.6. The van der Waals surface area contributed by atoms with E-state index in [0.717, 1.165) is 32.5 Å². The topological polar surface area (TPSA) is 76.6 Å². The molecule has 35 heavy (non-hydrogen) atoms. The van der Waals surface area contributed by atoms with E-state index in [-0.39, 0.29) is 23.7 Å². The van der Waals surface area contributed by atoms with Gasteiger partial charge in [-0.3, -0.25) is 19.5 Å². The minimum absolute atomic E-state index is 0.197. The number of pyridine rings is 1. The van der Waals surface area contributed by atoms with Gasteiger partial charge in [0.1, 0.15) is 12.1 Å². The molecule has 3 aromatic carbocycles. The molecule has 8 rings (SSSR count). The van der Waals surface area contributed by atoms with Gasteiger partial charge >= 0.3 is 5.97 Å². The summed E-state index contributed by atoms with van der Waals surface area (Å²) in [6, 6.07) is 25.1. The van der Waals surface area contributed by atoms with Crippen LogP contribution in [0.3, 0.4) is 0 Å². The summed E-state index contributed by atoms with van der Waals surface area (Å²) in [5.41, 5.74) is 4.96. The van der Waals surface area contributed by atoms with Crippen LogP contribution in [0.4, 0.5) is 0 Å². The van der Waals surface area contributed by atoms with Gasteiger partial charge in [0, 0.05) is 23.4 Å². The van der Waals surface area contributed by atoms with Crippen LogP contribution in [0.2, 0.25) is 0 Å². The lowest BCUT2D eigenvalue weighted by atomic mass is 9.55. The molecule has 1 saturated heterocycles. The van der Waals surface area contributed by atoms with E-state index < -0.39 is 24.3 Å². The lowest BCUT2D eigenvalue weighted by Gasteiger charge is -2.45. The summed E-state index contributed by atoms with van der Waals surface area (Å²) >= 11 is 0. The van der Waals surface area contributed by atoms with E-state index >= 15 is 0 Å². The molecule has 0 N–H and O–H groups in total. The normalized spacial score (nSPS) is 23.7. The van der Waals surface area contributed by atoms with Gasteiger partial charge in [-0.05, 0) is 34.4 Å². The van der Waals surface area contributed by atoms with E-state index in [1.165, 1.54) is 0 Å². The molecule has 0 saturated carbocycles. The highest BCUT2D eigenvalue weighted by Crippen LogP contribution is 2.60. The number of carbonyl (C=O) groups excluding carboxylic acids is 3. The van der Waals surface area contributed by atoms with Crippen LogP contribution in [0, 0.1) is 11.8 Å². The monoisotopic (exact) mass is 460 g/mol. The Kier molecular flexibility index (Phi) is 4.21. The van der Waals surface area contributed by atoms with Crippen molar-refractivity contribution in [1.29, 1.82) is 0 Å². The van der Waals surface area contributed by atoms with Crippen LogP contribution < -0.4 is 4.74 Å². The predicted octanol–water partition coefficient (Wildman–Crippen LogP) is 4.03. The highest BCUT2D eigenvalue weighted by molar-refractivity contribution is 6.09. The van der Waals surface area contributed by atoms with Crippen LogP contribution in [0.25, 0.3) is 10.9 Å². The first kappa shape index (κ1) is 20.1. The summed E-state index contributed by atoms with van der Waals surface area (Å²) in [5, 5.41) is 0.837. The SMILES string of the molecule is O=C(CN1C(=O)C2C3c4ccccc4C(c4ccccc43)C2C1=O)Oc1cccc2cccnc12. The molecule has 170 valence electrons. The van der Waals surface area contributed by atoms with Gasteiger partial charge in [-0.1, -0.05) is 66.7 Å². The zero-order chi connectivity index (χ0) is 23.7. The summed E-state index contributed by atoms with van der Waals surface area (Å²) in [6.45, 7) is -0.417. The van der Waals surface area contributed by atoms with Gasteiger partial charge < -0.3 is 4.74 Å². The van der Waals surface area contributed by atoms with Crippen molar-refractivity contribution in [3.63, 3.8) is 0 Å². The molecule has 2 amide bonds. The molecule has 4 aliphatic rings. The molecule has 6 heteroatoms. The van der Waals surface area contributed by atoms with Crippen molar-refractivity contribution < 1.29 is 19.1 Å². The number of nitrogens with zero attached hydrogens (tertiary/aromatic N) is 2. The van der Waals surface area contributed by atoms with Crippen molar-refractivity contribution in [3.05, 3.63) is 107 Å². The number of fused-ring (bicyclic) bond motifs is 1. The van der Waals surface area contributed by atoms with Crippen molar-refractivity contribution >= 4 is 28.7 Å². The van der Waals surface area contributed by atoms with Crippen LogP contribution in [-0.4, -0.2) is 34.2 Å². The highest BCUT2D eigenvalue weighted by atomic mass is 16.5. The number of hydrogen-bond donors (Lipinski definition) is 0. The summed E-state index contributed by atoms with van der Waals surface area (Å²) < 4.78 is 5.59. The smallest absolute Gasteiger partial charge is 0.331 e. The Morgan fingerprint density at radius 1 is 0.743 bits per heavy atom. The van der Waals surface area contributed by atoms with E-state index in [0.29, 0.717) is 11.3 Å². The standard InChI is InChI=1S/C29H20N2O4/c32-22(35-21-13-5-7-16-8-6-14-30-27(16)21)15-31-28(33)25-23-17-9-1-2-10-18(17)24(26(25)29(31)34)20-12-4-3-11-19(20)23/h1-14,23-26H,15H2. The second kappa shape index (κ2) is 7.34. The second-order valence-corrected chi connectivity index (χ2v) is 9.33. The van der Waals surface area contributed by atoms with Gasteiger partial charge in [0.25, 0.3) is 0 Å². The van der Waals surface area contributed by atoms with Crippen LogP contribution in [0.1, 0.15) is 34.1 Å². The molecule has 2 bridgehead atoms. The molecular weight excluding hydrogens is 440 g/mol. The number of para-hydroxylation sites is 1. The summed E-state index contributed by atoms with van der Waals surface area (Å²) in [6.07, 6.45) is 1.63. The molecule has 0 radical (unpaired) electrons. The zero-order valence-corrected chi connectivity index (χ0v) is 18.6. The number of ether oxygens (including phenoxy) is 1. The lowest BCUT2D eigenvalue weighted by molar-refractivity contribution is -0.148. The lowest BCUT2D eigenvalue weighted by Crippen LogP contribution is -2.41. The quantitative estimate of drug-likeness (QED) is 0.262. The van der Waals surface area contributed by atoms with Crippen LogP contribution in [0.15, 0.2) is 85.1 Å². The van der Waals surface area contributed by atoms with Gasteiger partial charge in [-0.15, -0.1) is 0 Å². The van der Waals surface area contributed by atoms with Crippen molar-refractivity contribution in [2.75, 3.05) is 6.54 Å². The van der Waals surface area contributed by atoms with Gasteiger partial charge in [-0.2, -0.15) is 0 Å². The van der Waals surface area contributed by atoms with E-state index in [1.807, 2.05) is 42.5 Å². The van der Waals surface area contributed by atoms with E-state index in [2.05, 4.69) is 29.2 Å². The van der Waals surface area contributed by atoms with Crippen LogP contribution >= 0.6 is 0 Å². The Morgan fingerprint density at radius 3 is 1.86 bits per heavy atom. The third-order valence-electron chi connectivity index (χ3n) is 7.65. The first-order valence-corrected chi connectivity index (χ1v) is 11.7. The van der Waals surface area contributed by atoms with Crippen molar-refractivity contribution in [1.82, 2.24) is 9.88 Å². The summed E-state index contributed by atoms with van der Waals surface area (Å²) in [7, 11) is 0. The molecule has 1 aliphatic heterocycles. The zero-order valence-electron chi connectivity index (χ0n) is 18.6. The molecule has 2 heterocycles. The van der Waals surface area contributed by atoms with E-state index in [1.54, 1.807) is 18.3 Å². The third kappa shape index (κ3) is 2.77. The predicted molar refractivity (Wildman–Crippen MR) is 128 cm³/mol. The molecule has 1 aromatic heterocycles. The maximum Gasteiger partial charge on any atom is 0.331 e. The Hall–Kier alpha value is -4.32. The third-order valence-corrected chi connectivity index (χ3v) is 7.65. The number of aromatic nitrogens is 1. The molecule has 1 fully saturated rings. The average Bonchev–Trinajstić information content (AvgIpc) is 3.14. The molecule has 2 unspecified atom stereocenters. The fourth-order valence-electron chi connectivity index (χ4n) is 6.34. The fraction of sp³-hybridized carbons (Fsp3) is 0.172. The van der Waals surface area contributed by atoms with Gasteiger partial charge in [0.2, 0.25) is 11.8 Å². The van der Waals surface area contributed by atoms with E-state index in [4.69, 9.17) is 4.74 Å². The Morgan fingerprint density at radius 2 is 1.29 bits per heavy atom. The minimum Gasteiger partial charge on any atom is -0.423 e. The number of likely N-dealkylation sites (tertiary alicyclic amines) is 1. The number of hydrogen-bond acceptors (Lipinski definition) is 5. The first-order chi connectivity index (χ1) is 17.1. The number of imide groups is 1. The van der Waals surface area contributed by atoms with Crippen molar-refractivity contribution in [2.24, 2.45) is 11.8 Å². The summed E-state index contributed by atoms with van der Waals surface area (Å²) in [4.78, 5) is 45.6. The van der Waals surface area contributed by atoms with Crippen LogP contribution in [-0.2, 0) is 14.4 Å². The van der Waals surface area contributed by atoms with Gasteiger partial charge in [-0.25, -0.2) is 4.79 Å². The Balaban J connectivity index is 1.22. The molecular formula is C29H20N2O4. The minimum atomic E-state index is -0.661. The molecule has 2 atom stereocenters. The fourth-order valence-corrected chi connectivity index (χ4v) is 6.34. The maximum atomic E-state index is 13.6. The van der Waals surface area contributed by atoms with Crippen LogP contribution in [0.5, 0.6) is 5.75 Å². The van der Waals surface area contributed by atoms with Crippen molar-refractivity contribution in [3.8, 4) is 5.75 Å². The molecule has 6 nitrogen and oxygen atoms in total. The number of carbonyl (C=O) groups is 3. The van der Waals surface area contributed by atoms with Gasteiger partial charge in [0.05, 0.1) is 11.8 Å². The molecule has 0 spiro atoms. The van der Waals surface area contributed by atoms with E-state index in [9.17, 15) is 14.4 Å². The number of amides is 2. The Labute approximate surface area is 201 Å². The highest BCUT2D eigenvalue weighted by Gasteiger charge is 2.61. The second-order valence-electron chi connectivity index (χ2n) is 9.33. The van der Waals surface area contributed by atoms with Gasteiger partial charge in [0.15, 0.2) is 5.75 Å². The summed E-state index contributed by atoms with van der Waals surface area (Å²) in [5.74, 6) is -2.36. The number of rotatable bonds is 3. The first-order valence-electron chi connectivity index (χ1n) is 11.7. The number of esters is 1. The molecule has 4 aromatic rings. The molecule has 3 aliphatic carbocycles. The Bertz CT molecular complexity index is 1440.